The highest BCUT2D eigenvalue weighted by Crippen LogP contribution is 2.56. The summed E-state index contributed by atoms with van der Waals surface area (Å²) in [7, 11) is 0. The number of nitrogens with zero attached hydrogens (tertiary/aromatic N) is 4. The maximum absolute atomic E-state index is 13.1. The van der Waals surface area contributed by atoms with E-state index in [-0.39, 0.29) is 22.8 Å². The van der Waals surface area contributed by atoms with Crippen molar-refractivity contribution in [2.45, 2.75) is 38.6 Å². The van der Waals surface area contributed by atoms with Crippen molar-refractivity contribution in [3.05, 3.63) is 30.1 Å². The van der Waals surface area contributed by atoms with E-state index in [9.17, 15) is 9.59 Å². The summed E-state index contributed by atoms with van der Waals surface area (Å²) in [6.07, 6.45) is 8.71. The van der Waals surface area contributed by atoms with Crippen molar-refractivity contribution >= 4 is 11.9 Å². The highest BCUT2D eigenvalue weighted by Gasteiger charge is 2.63. The molecule has 4 aliphatic rings. The van der Waals surface area contributed by atoms with Crippen LogP contribution in [0.25, 0.3) is 0 Å². The number of carbonyl (C=O) groups excluding carboxylic acids is 2. The first-order chi connectivity index (χ1) is 14.1. The number of urea groups is 1. The minimum absolute atomic E-state index is 0.0302. The SMILES string of the molecule is O=C(N1CCCC1)N1CCC2(CC1)CN(Cc1cccnc1)CC21CCNC1=O. The van der Waals surface area contributed by atoms with E-state index in [1.54, 1.807) is 6.20 Å². The minimum Gasteiger partial charge on any atom is -0.356 e. The van der Waals surface area contributed by atoms with Crippen molar-refractivity contribution in [1.82, 2.24) is 25.0 Å². The smallest absolute Gasteiger partial charge is 0.319 e. The standard InChI is InChI=1S/C22H31N5O2/c28-19-22(5-9-24-19)17-25(15-18-4-3-8-23-14-18)16-21(22)6-12-27(13-7-21)20(29)26-10-1-2-11-26/h3-4,8,14H,1-2,5-7,9-13,15-17H2,(H,24,28). The maximum Gasteiger partial charge on any atom is 0.319 e. The molecule has 0 bridgehead atoms. The molecular formula is C22H31N5O2. The van der Waals surface area contributed by atoms with E-state index >= 15 is 0 Å². The fraction of sp³-hybridized carbons (Fsp3) is 0.682. The monoisotopic (exact) mass is 397 g/mol. The van der Waals surface area contributed by atoms with Gasteiger partial charge in [0.15, 0.2) is 0 Å². The fourth-order valence-electron chi connectivity index (χ4n) is 6.25. The number of nitrogens with one attached hydrogen (secondary N) is 1. The normalized spacial score (nSPS) is 29.2. The lowest BCUT2D eigenvalue weighted by molar-refractivity contribution is -0.133. The zero-order chi connectivity index (χ0) is 19.9. The number of rotatable bonds is 2. The number of piperidine rings is 1. The minimum atomic E-state index is -0.308. The number of hydrogen-bond acceptors (Lipinski definition) is 4. The summed E-state index contributed by atoms with van der Waals surface area (Å²) >= 11 is 0. The molecule has 2 spiro atoms. The Labute approximate surface area is 172 Å². The van der Waals surface area contributed by atoms with Crippen molar-refractivity contribution in [3.8, 4) is 0 Å². The molecule has 29 heavy (non-hydrogen) atoms. The van der Waals surface area contributed by atoms with Crippen molar-refractivity contribution in [3.63, 3.8) is 0 Å². The second-order valence-electron chi connectivity index (χ2n) is 9.34. The molecule has 0 radical (unpaired) electrons. The molecule has 0 saturated carbocycles. The number of carbonyl (C=O) groups is 2. The molecule has 0 aromatic carbocycles. The average Bonchev–Trinajstić information content (AvgIpc) is 3.45. The molecule has 4 fully saturated rings. The summed E-state index contributed by atoms with van der Waals surface area (Å²) in [5.41, 5.74) is 0.856. The van der Waals surface area contributed by atoms with Gasteiger partial charge in [0.25, 0.3) is 0 Å². The molecule has 7 heteroatoms. The van der Waals surface area contributed by atoms with Crippen LogP contribution in [0.1, 0.15) is 37.7 Å². The molecule has 4 aliphatic heterocycles. The summed E-state index contributed by atoms with van der Waals surface area (Å²) in [6.45, 7) is 6.68. The van der Waals surface area contributed by atoms with E-state index in [0.717, 1.165) is 84.5 Å². The van der Waals surface area contributed by atoms with Gasteiger partial charge in [0.2, 0.25) is 5.91 Å². The van der Waals surface area contributed by atoms with Crippen molar-refractivity contribution < 1.29 is 9.59 Å². The quantitative estimate of drug-likeness (QED) is 0.825. The highest BCUT2D eigenvalue weighted by atomic mass is 16.2. The van der Waals surface area contributed by atoms with Crippen LogP contribution in [-0.4, -0.2) is 77.4 Å². The first-order valence-corrected chi connectivity index (χ1v) is 11.1. The lowest BCUT2D eigenvalue weighted by Crippen LogP contribution is -2.55. The third-order valence-electron chi connectivity index (χ3n) is 7.80. The Hall–Kier alpha value is -2.15. The summed E-state index contributed by atoms with van der Waals surface area (Å²) in [4.78, 5) is 36.6. The zero-order valence-corrected chi connectivity index (χ0v) is 17.1. The predicted octanol–water partition coefficient (Wildman–Crippen LogP) is 1.70. The third kappa shape index (κ3) is 3.10. The summed E-state index contributed by atoms with van der Waals surface area (Å²) in [5, 5.41) is 3.12. The second-order valence-corrected chi connectivity index (χ2v) is 9.34. The molecular weight excluding hydrogens is 366 g/mol. The molecule has 3 amide bonds. The number of fused-ring (bicyclic) bond motifs is 1. The zero-order valence-electron chi connectivity index (χ0n) is 17.1. The Balaban J connectivity index is 1.33. The van der Waals surface area contributed by atoms with E-state index in [0.29, 0.717) is 0 Å². The van der Waals surface area contributed by atoms with Gasteiger partial charge in [-0.3, -0.25) is 14.7 Å². The molecule has 4 saturated heterocycles. The van der Waals surface area contributed by atoms with Crippen LogP contribution in [0, 0.1) is 10.8 Å². The van der Waals surface area contributed by atoms with Gasteiger partial charge >= 0.3 is 6.03 Å². The molecule has 1 N–H and O–H groups in total. The molecule has 1 aromatic heterocycles. The van der Waals surface area contributed by atoms with Crippen LogP contribution in [0.2, 0.25) is 0 Å². The number of likely N-dealkylation sites (tertiary alicyclic amines) is 3. The number of aromatic nitrogens is 1. The van der Waals surface area contributed by atoms with Gasteiger partial charge in [0.05, 0.1) is 5.41 Å². The lowest BCUT2D eigenvalue weighted by Gasteiger charge is -2.47. The van der Waals surface area contributed by atoms with Gasteiger partial charge in [0.1, 0.15) is 0 Å². The number of pyridine rings is 1. The first-order valence-electron chi connectivity index (χ1n) is 11.1. The second kappa shape index (κ2) is 7.27. The largest absolute Gasteiger partial charge is 0.356 e. The molecule has 1 unspecified atom stereocenters. The van der Waals surface area contributed by atoms with Crippen LogP contribution in [0.15, 0.2) is 24.5 Å². The van der Waals surface area contributed by atoms with Gasteiger partial charge in [-0.25, -0.2) is 4.79 Å². The van der Waals surface area contributed by atoms with Gasteiger partial charge < -0.3 is 15.1 Å². The van der Waals surface area contributed by atoms with Crippen LogP contribution in [0.4, 0.5) is 4.79 Å². The van der Waals surface area contributed by atoms with Gasteiger partial charge in [0, 0.05) is 70.2 Å². The Morgan fingerprint density at radius 2 is 1.83 bits per heavy atom. The molecule has 0 aliphatic carbocycles. The van der Waals surface area contributed by atoms with E-state index in [2.05, 4.69) is 21.3 Å². The maximum atomic E-state index is 13.1. The number of hydrogen-bond donors (Lipinski definition) is 1. The van der Waals surface area contributed by atoms with Crippen molar-refractivity contribution in [2.24, 2.45) is 10.8 Å². The number of amides is 3. The Morgan fingerprint density at radius 1 is 1.07 bits per heavy atom. The highest BCUT2D eigenvalue weighted by molar-refractivity contribution is 5.86. The van der Waals surface area contributed by atoms with E-state index < -0.39 is 0 Å². The van der Waals surface area contributed by atoms with Crippen LogP contribution in [-0.2, 0) is 11.3 Å². The van der Waals surface area contributed by atoms with Gasteiger partial charge in [-0.1, -0.05) is 6.07 Å². The van der Waals surface area contributed by atoms with E-state index in [1.165, 1.54) is 5.56 Å². The Morgan fingerprint density at radius 3 is 2.48 bits per heavy atom. The van der Waals surface area contributed by atoms with E-state index in [4.69, 9.17) is 0 Å². The molecule has 5 rings (SSSR count). The van der Waals surface area contributed by atoms with Crippen LogP contribution in [0.3, 0.4) is 0 Å². The van der Waals surface area contributed by atoms with Gasteiger partial charge in [-0.05, 0) is 43.7 Å². The Bertz CT molecular complexity index is 771. The van der Waals surface area contributed by atoms with Crippen molar-refractivity contribution in [1.29, 1.82) is 0 Å². The summed E-state index contributed by atoms with van der Waals surface area (Å²) in [5.74, 6) is 0.227. The average molecular weight is 398 g/mol. The topological polar surface area (TPSA) is 68.8 Å². The van der Waals surface area contributed by atoms with Gasteiger partial charge in [-0.2, -0.15) is 0 Å². The van der Waals surface area contributed by atoms with Gasteiger partial charge in [-0.15, -0.1) is 0 Å². The summed E-state index contributed by atoms with van der Waals surface area (Å²) in [6, 6.07) is 4.28. The third-order valence-corrected chi connectivity index (χ3v) is 7.80. The molecule has 156 valence electrons. The molecule has 7 nitrogen and oxygen atoms in total. The van der Waals surface area contributed by atoms with Crippen LogP contribution >= 0.6 is 0 Å². The Kier molecular flexibility index (Phi) is 4.73. The lowest BCUT2D eigenvalue weighted by atomic mass is 9.60. The fourth-order valence-corrected chi connectivity index (χ4v) is 6.25. The molecule has 1 aromatic rings. The van der Waals surface area contributed by atoms with Crippen molar-refractivity contribution in [2.75, 3.05) is 45.8 Å². The summed E-state index contributed by atoms with van der Waals surface area (Å²) < 4.78 is 0. The molecule has 5 heterocycles. The predicted molar refractivity (Wildman–Crippen MR) is 109 cm³/mol. The van der Waals surface area contributed by atoms with E-state index in [1.807, 2.05) is 22.1 Å². The first kappa shape index (κ1) is 18.9. The van der Waals surface area contributed by atoms with Crippen LogP contribution < -0.4 is 5.32 Å². The van der Waals surface area contributed by atoms with Crippen LogP contribution in [0.5, 0.6) is 0 Å². The molecule has 1 atom stereocenters.